The highest BCUT2D eigenvalue weighted by Gasteiger charge is 2.15. The SMILES string of the molecule is BrCc1cccc(-c2nn[nH]n2)c1.C.C.C.C.[C-]#[N+]c1c(-c2cccs2)[nH]c(=S)[nH]c1=O.[C-]#[N+]c1c(-c2cccs2)nc(SCc2cccc(-c3nn[nH]n3)c2)[nH]c1=O. The van der Waals surface area contributed by atoms with Crippen LogP contribution < -0.4 is 11.1 Å². The Morgan fingerprint density at radius 2 is 1.27 bits per heavy atom. The van der Waals surface area contributed by atoms with Gasteiger partial charge in [-0.3, -0.25) is 9.59 Å². The highest BCUT2D eigenvalue weighted by molar-refractivity contribution is 9.08. The van der Waals surface area contributed by atoms with Crippen LogP contribution in [0, 0.1) is 17.9 Å². The van der Waals surface area contributed by atoms with Gasteiger partial charge in [0.1, 0.15) is 0 Å². The number of hydrogen-bond donors (Lipinski definition) is 5. The number of nitrogens with zero attached hydrogens (tertiary/aromatic N) is 9. The zero-order valence-electron chi connectivity index (χ0n) is 27.8. The second-order valence-electron chi connectivity index (χ2n) is 10.7. The van der Waals surface area contributed by atoms with Gasteiger partial charge < -0.3 is 15.0 Å². The van der Waals surface area contributed by atoms with Gasteiger partial charge in [0.25, 0.3) is 22.5 Å². The number of thiophene rings is 2. The van der Waals surface area contributed by atoms with Gasteiger partial charge in [-0.05, 0) is 68.8 Å². The molecule has 6 aromatic heterocycles. The predicted molar refractivity (Wildman–Crippen MR) is 245 cm³/mol. The molecule has 0 saturated carbocycles. The number of aromatic nitrogens is 12. The van der Waals surface area contributed by atoms with Crippen molar-refractivity contribution >= 4 is 74.0 Å². The minimum Gasteiger partial charge on any atom is -0.340 e. The zero-order chi connectivity index (χ0) is 38.6. The monoisotopic (exact) mass is 930 g/mol. The van der Waals surface area contributed by atoms with Gasteiger partial charge in [0.05, 0.1) is 24.5 Å². The Morgan fingerprint density at radius 1 is 0.712 bits per heavy atom. The summed E-state index contributed by atoms with van der Waals surface area (Å²) in [6.07, 6.45) is 0. The summed E-state index contributed by atoms with van der Waals surface area (Å²) in [6.45, 7) is 14.2. The summed E-state index contributed by atoms with van der Waals surface area (Å²) < 4.78 is 0.232. The van der Waals surface area contributed by atoms with Gasteiger partial charge in [-0.2, -0.15) is 10.4 Å². The lowest BCUT2D eigenvalue weighted by Gasteiger charge is -2.06. The maximum atomic E-state index is 12.3. The molecule has 0 radical (unpaired) electrons. The van der Waals surface area contributed by atoms with Crippen molar-refractivity contribution in [3.8, 4) is 43.9 Å². The fraction of sp³-hybridized carbons (Fsp3) is 0.158. The number of tetrazole rings is 2. The molecule has 0 spiro atoms. The Morgan fingerprint density at radius 3 is 1.80 bits per heavy atom. The second-order valence-corrected chi connectivity index (χ2v) is 14.5. The van der Waals surface area contributed by atoms with Crippen molar-refractivity contribution in [1.29, 1.82) is 0 Å². The van der Waals surface area contributed by atoms with Crippen molar-refractivity contribution < 1.29 is 0 Å². The van der Waals surface area contributed by atoms with Gasteiger partial charge in [-0.1, -0.05) is 106 Å². The molecule has 21 heteroatoms. The first-order valence-electron chi connectivity index (χ1n) is 15.5. The van der Waals surface area contributed by atoms with Crippen molar-refractivity contribution in [3.05, 3.63) is 143 Å². The van der Waals surface area contributed by atoms with Gasteiger partial charge in [-0.25, -0.2) is 14.7 Å². The molecule has 0 atom stereocenters. The first kappa shape index (κ1) is 48.9. The van der Waals surface area contributed by atoms with Crippen molar-refractivity contribution in [2.45, 2.75) is 45.9 Å². The smallest absolute Gasteiger partial charge is 0.276 e. The van der Waals surface area contributed by atoms with Crippen molar-refractivity contribution in [2.24, 2.45) is 0 Å². The molecule has 0 saturated heterocycles. The third kappa shape index (κ3) is 12.6. The van der Waals surface area contributed by atoms with E-state index < -0.39 is 11.1 Å². The number of nitrogens with one attached hydrogen (secondary N) is 5. The number of halogens is 1. The molecule has 0 unspecified atom stereocenters. The maximum Gasteiger partial charge on any atom is 0.276 e. The average Bonchev–Trinajstić information content (AvgIpc) is 4.06. The minimum atomic E-state index is -0.447. The van der Waals surface area contributed by atoms with Crippen molar-refractivity contribution in [3.63, 3.8) is 0 Å². The number of rotatable bonds is 8. The Labute approximate surface area is 365 Å². The molecule has 0 aliphatic heterocycles. The Kier molecular flexibility index (Phi) is 19.8. The van der Waals surface area contributed by atoms with E-state index in [0.29, 0.717) is 33.9 Å². The summed E-state index contributed by atoms with van der Waals surface area (Å²) >= 11 is 12.5. The summed E-state index contributed by atoms with van der Waals surface area (Å²) in [4.78, 5) is 44.3. The molecule has 0 aliphatic rings. The third-order valence-electron chi connectivity index (χ3n) is 7.13. The number of thioether (sulfide) groups is 1. The predicted octanol–water partition coefficient (Wildman–Crippen LogP) is 10.5. The zero-order valence-corrected chi connectivity index (χ0v) is 32.7. The number of H-pyrrole nitrogens is 5. The fourth-order valence-corrected chi connectivity index (χ4v) is 7.49. The van der Waals surface area contributed by atoms with Gasteiger partial charge >= 0.3 is 0 Å². The molecule has 0 amide bonds. The summed E-state index contributed by atoms with van der Waals surface area (Å²) in [5, 5.41) is 32.8. The molecule has 0 fully saturated rings. The lowest BCUT2D eigenvalue weighted by molar-refractivity contribution is 0.881. The lowest BCUT2D eigenvalue weighted by Crippen LogP contribution is -2.09. The van der Waals surface area contributed by atoms with Gasteiger partial charge in [0, 0.05) is 32.0 Å². The third-order valence-corrected chi connectivity index (χ3v) is 10.7. The number of hydrogen-bond acceptors (Lipinski definition) is 13. The molecule has 304 valence electrons. The van der Waals surface area contributed by atoms with Crippen LogP contribution in [0.15, 0.2) is 98.3 Å². The summed E-state index contributed by atoms with van der Waals surface area (Å²) in [6, 6.07) is 23.2. The standard InChI is InChI=1S/C17H11N7OS2.C9H5N3OS2.C8H7BrN4.4CH4/c1-18-14-13(12-6-3-7-26-12)19-17(20-16(14)25)27-9-10-4-2-5-11(8-10)15-21-23-24-22-15;1-10-7-6(5-3-2-4-15-5)11-9(14)12-8(7)13;9-5-6-2-1-3-7(4-6)8-10-12-13-11-8;;;;/h2-8H,9H2,(H,19,20,25)(H,21,22,23,24);2-4H,(H2,11,12,13,14);1-4H,5H2,(H,10,11,12,13);4*1H4. The number of benzene rings is 2. The quantitative estimate of drug-likeness (QED) is 0.0318. The van der Waals surface area contributed by atoms with Crippen LogP contribution in [-0.4, -0.2) is 61.2 Å². The van der Waals surface area contributed by atoms with Gasteiger partial charge in [-0.15, -0.1) is 43.1 Å². The van der Waals surface area contributed by atoms with E-state index >= 15 is 0 Å². The van der Waals surface area contributed by atoms with E-state index in [-0.39, 0.29) is 45.9 Å². The van der Waals surface area contributed by atoms with E-state index in [4.69, 9.17) is 25.4 Å². The molecule has 8 rings (SSSR count). The first-order chi connectivity index (χ1) is 26.9. The molecule has 0 bridgehead atoms. The summed E-state index contributed by atoms with van der Waals surface area (Å²) in [5.74, 6) is 1.74. The van der Waals surface area contributed by atoms with Crippen LogP contribution >= 0.6 is 62.6 Å². The van der Waals surface area contributed by atoms with E-state index in [2.05, 4.69) is 86.8 Å². The Balaban J connectivity index is 0.000000321. The molecule has 0 aliphatic carbocycles. The van der Waals surface area contributed by atoms with Crippen molar-refractivity contribution in [2.75, 3.05) is 0 Å². The molecule has 2 aromatic carbocycles. The second kappa shape index (κ2) is 23.9. The van der Waals surface area contributed by atoms with Crippen LogP contribution in [0.25, 0.3) is 53.6 Å². The number of alkyl halides is 1. The van der Waals surface area contributed by atoms with Crippen molar-refractivity contribution in [1.82, 2.24) is 61.2 Å². The number of aromatic amines is 5. The molecular formula is C38H39BrN14O2S4. The largest absolute Gasteiger partial charge is 0.340 e. The van der Waals surface area contributed by atoms with E-state index in [1.165, 1.54) is 40.0 Å². The molecule has 6 heterocycles. The molecule has 16 nitrogen and oxygen atoms in total. The highest BCUT2D eigenvalue weighted by atomic mass is 79.9. The van der Waals surface area contributed by atoms with Gasteiger partial charge in [0.15, 0.2) is 9.93 Å². The van der Waals surface area contributed by atoms with Crippen LogP contribution in [0.1, 0.15) is 40.8 Å². The van der Waals surface area contributed by atoms with E-state index in [1.54, 1.807) is 0 Å². The van der Waals surface area contributed by atoms with E-state index in [1.807, 2.05) is 83.6 Å². The highest BCUT2D eigenvalue weighted by Crippen LogP contribution is 2.32. The van der Waals surface area contributed by atoms with Gasteiger partial charge in [0.2, 0.25) is 11.6 Å². The van der Waals surface area contributed by atoms with Crippen LogP contribution in [0.4, 0.5) is 11.4 Å². The Hall–Kier alpha value is -6.23. The van der Waals surface area contributed by atoms with Crippen LogP contribution in [0.3, 0.4) is 0 Å². The summed E-state index contributed by atoms with van der Waals surface area (Å²) in [7, 11) is 0. The van der Waals surface area contributed by atoms with Crippen LogP contribution in [0.5, 0.6) is 0 Å². The topological polar surface area (TPSA) is 212 Å². The average molecular weight is 932 g/mol. The first-order valence-corrected chi connectivity index (χ1v) is 19.8. The summed E-state index contributed by atoms with van der Waals surface area (Å²) in [5.41, 5.74) is 4.16. The van der Waals surface area contributed by atoms with Crippen LogP contribution in [0.2, 0.25) is 0 Å². The minimum absolute atomic E-state index is 0. The van der Waals surface area contributed by atoms with Crippen LogP contribution in [-0.2, 0) is 11.1 Å². The fourth-order valence-electron chi connectivity index (χ4n) is 4.70. The normalized spacial score (nSPS) is 9.61. The molecular weight excluding hydrogens is 893 g/mol. The maximum absolute atomic E-state index is 12.3. The molecule has 5 N–H and O–H groups in total. The van der Waals surface area contributed by atoms with E-state index in [0.717, 1.165) is 31.8 Å². The molecule has 59 heavy (non-hydrogen) atoms. The lowest BCUT2D eigenvalue weighted by atomic mass is 10.1. The van der Waals surface area contributed by atoms with E-state index in [9.17, 15) is 9.59 Å². The Bertz CT molecular complexity index is 2750. The molecule has 8 aromatic rings.